The molecule has 158 valence electrons. The van der Waals surface area contributed by atoms with Crippen molar-refractivity contribution in [3.05, 3.63) is 58.4 Å². The highest BCUT2D eigenvalue weighted by Crippen LogP contribution is 2.25. The number of amides is 1. The largest absolute Gasteiger partial charge is 0.467 e. The van der Waals surface area contributed by atoms with E-state index < -0.39 is 23.7 Å². The molecule has 8 nitrogen and oxygen atoms in total. The molecule has 30 heavy (non-hydrogen) atoms. The quantitative estimate of drug-likeness (QED) is 0.558. The van der Waals surface area contributed by atoms with Gasteiger partial charge in [-0.25, -0.2) is 9.59 Å². The number of rotatable bonds is 5. The molecule has 1 amide bonds. The normalized spacial score (nSPS) is 12.4. The fraction of sp³-hybridized carbons (Fsp3) is 0.318. The molecule has 1 aromatic heterocycles. The van der Waals surface area contributed by atoms with Gasteiger partial charge < -0.3 is 14.8 Å². The summed E-state index contributed by atoms with van der Waals surface area (Å²) in [5, 5.41) is 10.0. The maximum Gasteiger partial charge on any atom is 0.408 e. The summed E-state index contributed by atoms with van der Waals surface area (Å²) in [6.45, 7) is 5.15. The van der Waals surface area contributed by atoms with Crippen LogP contribution in [0.3, 0.4) is 0 Å². The Morgan fingerprint density at radius 1 is 1.07 bits per heavy atom. The number of alkyl carbamates (subject to hydrolysis) is 1. The van der Waals surface area contributed by atoms with Crippen molar-refractivity contribution in [2.24, 2.45) is 0 Å². The molecular formula is C22H25N3O5. The summed E-state index contributed by atoms with van der Waals surface area (Å²) in [6.07, 6.45) is -0.829. The highest BCUT2D eigenvalue weighted by Gasteiger charge is 2.28. The summed E-state index contributed by atoms with van der Waals surface area (Å²) in [5.74, 6) is -0.675. The van der Waals surface area contributed by atoms with Gasteiger partial charge in [-0.3, -0.25) is 15.0 Å². The first kappa shape index (κ1) is 21.2. The number of hydrogen-bond donors (Lipinski definition) is 3. The van der Waals surface area contributed by atoms with Crippen molar-refractivity contribution in [1.29, 1.82) is 0 Å². The van der Waals surface area contributed by atoms with Crippen molar-refractivity contribution in [1.82, 2.24) is 15.5 Å². The zero-order valence-electron chi connectivity index (χ0n) is 17.4. The molecule has 1 atom stereocenters. The van der Waals surface area contributed by atoms with E-state index in [0.29, 0.717) is 11.3 Å². The third-order valence-electron chi connectivity index (χ3n) is 4.50. The summed E-state index contributed by atoms with van der Waals surface area (Å²) in [6, 6.07) is 12.6. The Balaban J connectivity index is 1.92. The van der Waals surface area contributed by atoms with E-state index >= 15 is 0 Å². The summed E-state index contributed by atoms with van der Waals surface area (Å²) in [5.41, 5.74) is 0.551. The summed E-state index contributed by atoms with van der Waals surface area (Å²) in [7, 11) is 1.22. The summed E-state index contributed by atoms with van der Waals surface area (Å²) < 4.78 is 10.0. The van der Waals surface area contributed by atoms with Gasteiger partial charge in [-0.05, 0) is 37.6 Å². The second kappa shape index (κ2) is 8.44. The molecule has 0 aliphatic carbocycles. The van der Waals surface area contributed by atoms with E-state index in [9.17, 15) is 14.4 Å². The predicted molar refractivity (Wildman–Crippen MR) is 113 cm³/mol. The number of carbonyl (C=O) groups excluding carboxylic acids is 2. The minimum Gasteiger partial charge on any atom is -0.467 e. The monoisotopic (exact) mass is 411 g/mol. The van der Waals surface area contributed by atoms with Crippen LogP contribution in [0.5, 0.6) is 0 Å². The zero-order chi connectivity index (χ0) is 21.9. The van der Waals surface area contributed by atoms with Gasteiger partial charge in [0.15, 0.2) is 0 Å². The number of aromatic amines is 2. The summed E-state index contributed by atoms with van der Waals surface area (Å²) in [4.78, 5) is 36.9. The molecule has 0 aliphatic rings. The number of ether oxygens (including phenoxy) is 2. The van der Waals surface area contributed by atoms with Gasteiger partial charge >= 0.3 is 12.1 Å². The molecular weight excluding hydrogens is 386 g/mol. The van der Waals surface area contributed by atoms with Crippen LogP contribution in [0.15, 0.2) is 47.3 Å². The smallest absolute Gasteiger partial charge is 0.408 e. The van der Waals surface area contributed by atoms with Crippen molar-refractivity contribution in [3.8, 4) is 11.3 Å². The highest BCUT2D eigenvalue weighted by molar-refractivity contribution is 5.87. The number of nitrogens with one attached hydrogen (secondary N) is 3. The van der Waals surface area contributed by atoms with Crippen LogP contribution < -0.4 is 10.9 Å². The molecule has 0 fully saturated rings. The van der Waals surface area contributed by atoms with E-state index in [1.165, 1.54) is 7.11 Å². The average Bonchev–Trinajstić information content (AvgIpc) is 3.05. The van der Waals surface area contributed by atoms with Crippen molar-refractivity contribution in [3.63, 3.8) is 0 Å². The van der Waals surface area contributed by atoms with Gasteiger partial charge in [0.05, 0.1) is 12.8 Å². The van der Waals surface area contributed by atoms with Gasteiger partial charge in [-0.15, -0.1) is 0 Å². The lowest BCUT2D eigenvalue weighted by molar-refractivity contribution is -0.143. The number of fused-ring (bicyclic) bond motifs is 1. The molecule has 0 bridgehead atoms. The average molecular weight is 411 g/mol. The SMILES string of the molecule is COC(=O)[C@H](Cc1c(-c2ccc3ccccc3c2)[nH][nH]c1=O)NC(=O)OC(C)(C)C. The van der Waals surface area contributed by atoms with Crippen molar-refractivity contribution in [2.45, 2.75) is 38.8 Å². The third kappa shape index (κ3) is 4.89. The Labute approximate surface area is 173 Å². The molecule has 0 saturated carbocycles. The lowest BCUT2D eigenvalue weighted by Gasteiger charge is -2.22. The number of esters is 1. The lowest BCUT2D eigenvalue weighted by atomic mass is 9.99. The molecule has 3 rings (SSSR count). The molecule has 0 saturated heterocycles. The Kier molecular flexibility index (Phi) is 5.96. The number of hydrogen-bond acceptors (Lipinski definition) is 5. The van der Waals surface area contributed by atoms with Crippen LogP contribution in [-0.2, 0) is 20.7 Å². The van der Waals surface area contributed by atoms with Crippen LogP contribution in [0.2, 0.25) is 0 Å². The molecule has 0 unspecified atom stereocenters. The van der Waals surface area contributed by atoms with E-state index in [2.05, 4.69) is 15.5 Å². The Bertz CT molecular complexity index is 1120. The van der Waals surface area contributed by atoms with Crippen molar-refractivity contribution < 1.29 is 19.1 Å². The van der Waals surface area contributed by atoms with Crippen LogP contribution >= 0.6 is 0 Å². The van der Waals surface area contributed by atoms with Gasteiger partial charge in [0.2, 0.25) is 0 Å². The van der Waals surface area contributed by atoms with E-state index in [-0.39, 0.29) is 12.0 Å². The first-order chi connectivity index (χ1) is 14.2. The van der Waals surface area contributed by atoms with E-state index in [1.54, 1.807) is 20.8 Å². The predicted octanol–water partition coefficient (Wildman–Crippen LogP) is 3.13. The minimum absolute atomic E-state index is 0.0626. The van der Waals surface area contributed by atoms with Crippen molar-refractivity contribution in [2.75, 3.05) is 7.11 Å². The van der Waals surface area contributed by atoms with Gasteiger partial charge in [0.1, 0.15) is 11.6 Å². The topological polar surface area (TPSA) is 113 Å². The number of aromatic nitrogens is 2. The molecule has 0 spiro atoms. The van der Waals surface area contributed by atoms with Gasteiger partial charge in [0.25, 0.3) is 5.56 Å². The third-order valence-corrected chi connectivity index (χ3v) is 4.50. The van der Waals surface area contributed by atoms with Crippen LogP contribution in [0.4, 0.5) is 4.79 Å². The number of H-pyrrole nitrogens is 2. The maximum absolute atomic E-state index is 12.5. The fourth-order valence-corrected chi connectivity index (χ4v) is 3.16. The van der Waals surface area contributed by atoms with Crippen molar-refractivity contribution >= 4 is 22.8 Å². The van der Waals surface area contributed by atoms with Gasteiger partial charge in [0, 0.05) is 17.5 Å². The number of benzene rings is 2. The molecule has 3 N–H and O–H groups in total. The van der Waals surface area contributed by atoms with Gasteiger partial charge in [-0.2, -0.15) is 0 Å². The summed E-state index contributed by atoms with van der Waals surface area (Å²) >= 11 is 0. The van der Waals surface area contributed by atoms with Crippen LogP contribution in [0.25, 0.3) is 22.0 Å². The molecule has 3 aromatic rings. The Hall–Kier alpha value is -3.55. The second-order valence-corrected chi connectivity index (χ2v) is 7.92. The zero-order valence-corrected chi connectivity index (χ0v) is 17.4. The van der Waals surface area contributed by atoms with Gasteiger partial charge in [-0.1, -0.05) is 36.4 Å². The fourth-order valence-electron chi connectivity index (χ4n) is 3.16. The van der Waals surface area contributed by atoms with Crippen LogP contribution in [0, 0.1) is 0 Å². The lowest BCUT2D eigenvalue weighted by Crippen LogP contribution is -2.45. The minimum atomic E-state index is -1.08. The first-order valence-electron chi connectivity index (χ1n) is 9.54. The van der Waals surface area contributed by atoms with Crippen LogP contribution in [-0.4, -0.2) is 41.0 Å². The number of carbonyl (C=O) groups is 2. The highest BCUT2D eigenvalue weighted by atomic mass is 16.6. The number of methoxy groups -OCH3 is 1. The Morgan fingerprint density at radius 3 is 2.43 bits per heavy atom. The van der Waals surface area contributed by atoms with E-state index in [4.69, 9.17) is 9.47 Å². The molecule has 0 aliphatic heterocycles. The van der Waals surface area contributed by atoms with E-state index in [1.807, 2.05) is 42.5 Å². The molecule has 0 radical (unpaired) electrons. The molecule has 8 heteroatoms. The Morgan fingerprint density at radius 2 is 1.77 bits per heavy atom. The maximum atomic E-state index is 12.5. The standard InChI is InChI=1S/C22H25N3O5/c1-22(2,3)30-21(28)23-17(20(27)29-4)12-16-18(24-25-19(16)26)15-10-9-13-7-5-6-8-14(13)11-15/h5-11,17H,12H2,1-4H3,(H,23,28)(H2,24,25,26)/t17-/m0/s1. The van der Waals surface area contributed by atoms with E-state index in [0.717, 1.165) is 16.3 Å². The molecule has 2 aromatic carbocycles. The second-order valence-electron chi connectivity index (χ2n) is 7.92. The van der Waals surface area contributed by atoms with Crippen LogP contribution in [0.1, 0.15) is 26.3 Å². The molecule has 1 heterocycles. The first-order valence-corrected chi connectivity index (χ1v) is 9.54.